The number of benzene rings is 2. The fourth-order valence-electron chi connectivity index (χ4n) is 3.95. The number of halogens is 1. The van der Waals surface area contributed by atoms with Gasteiger partial charge in [-0.25, -0.2) is 0 Å². The summed E-state index contributed by atoms with van der Waals surface area (Å²) < 4.78 is 13.0. The third-order valence-electron chi connectivity index (χ3n) is 5.37. The van der Waals surface area contributed by atoms with Gasteiger partial charge in [-0.2, -0.15) is 0 Å². The summed E-state index contributed by atoms with van der Waals surface area (Å²) in [6.45, 7) is 4.44. The Morgan fingerprint density at radius 2 is 1.61 bits per heavy atom. The molecule has 2 nitrogen and oxygen atoms in total. The molecule has 0 aromatic heterocycles. The van der Waals surface area contributed by atoms with E-state index in [1.807, 2.05) is 0 Å². The van der Waals surface area contributed by atoms with Crippen LogP contribution in [0.5, 0.6) is 11.5 Å². The Bertz CT molecular complexity index is 802. The lowest BCUT2D eigenvalue weighted by atomic mass is 9.93. The molecule has 0 saturated carbocycles. The minimum Gasteiger partial charge on any atom is -0.497 e. The van der Waals surface area contributed by atoms with Crippen LogP contribution in [0.3, 0.4) is 0 Å². The van der Waals surface area contributed by atoms with Crippen molar-refractivity contribution in [3.63, 3.8) is 0 Å². The summed E-state index contributed by atoms with van der Waals surface area (Å²) in [5, 5.41) is 0. The van der Waals surface area contributed by atoms with Gasteiger partial charge >= 0.3 is 0 Å². The maximum Gasteiger partial charge on any atom is 0.119 e. The topological polar surface area (TPSA) is 18.5 Å². The van der Waals surface area contributed by atoms with Crippen molar-refractivity contribution in [2.24, 2.45) is 0 Å². The van der Waals surface area contributed by atoms with Gasteiger partial charge in [0.15, 0.2) is 0 Å². The highest BCUT2D eigenvalue weighted by molar-refractivity contribution is 9.11. The zero-order valence-corrected chi connectivity index (χ0v) is 18.8. The van der Waals surface area contributed by atoms with Gasteiger partial charge in [0.2, 0.25) is 0 Å². The van der Waals surface area contributed by atoms with E-state index in [0.29, 0.717) is 6.10 Å². The summed E-state index contributed by atoms with van der Waals surface area (Å²) in [6.07, 6.45) is 8.14. The van der Waals surface area contributed by atoms with Crippen LogP contribution in [-0.2, 0) is 6.42 Å². The number of hydrogen-bond acceptors (Lipinski definition) is 2. The Morgan fingerprint density at radius 1 is 0.929 bits per heavy atom. The Balaban J connectivity index is 1.90. The van der Waals surface area contributed by atoms with E-state index < -0.39 is 0 Å². The molecule has 1 aliphatic carbocycles. The highest BCUT2D eigenvalue weighted by Crippen LogP contribution is 2.39. The molecule has 2 aromatic carbocycles. The van der Waals surface area contributed by atoms with E-state index in [1.54, 1.807) is 7.11 Å². The van der Waals surface area contributed by atoms with Gasteiger partial charge in [0, 0.05) is 4.48 Å². The molecule has 0 amide bonds. The Hall–Kier alpha value is -1.74. The number of hydrogen-bond donors (Lipinski definition) is 0. The summed E-state index contributed by atoms with van der Waals surface area (Å²) in [7, 11) is 1.73. The van der Waals surface area contributed by atoms with Crippen molar-refractivity contribution >= 4 is 21.5 Å². The molecule has 0 bridgehead atoms. The maximum absolute atomic E-state index is 6.25. The summed E-state index contributed by atoms with van der Waals surface area (Å²) in [5.41, 5.74) is 5.15. The maximum atomic E-state index is 6.25. The average molecular weight is 443 g/mol. The first-order chi connectivity index (χ1) is 13.7. The molecule has 1 aliphatic rings. The van der Waals surface area contributed by atoms with Gasteiger partial charge in [-0.3, -0.25) is 0 Å². The summed E-state index contributed by atoms with van der Waals surface area (Å²) in [4.78, 5) is 0. The Morgan fingerprint density at radius 3 is 2.25 bits per heavy atom. The standard InChI is InChI=1S/C25H31BrO2/c1-4-7-20(8-5-2)28-21-14-12-19(13-15-21)25-23-17-22(27-3)16-11-18(23)9-6-10-24(25)26/h11-17,20H,4-10H2,1-3H3. The third kappa shape index (κ3) is 5.00. The largest absolute Gasteiger partial charge is 0.497 e. The predicted octanol–water partition coefficient (Wildman–Crippen LogP) is 7.53. The zero-order chi connectivity index (χ0) is 19.9. The lowest BCUT2D eigenvalue weighted by Crippen LogP contribution is -2.15. The van der Waals surface area contributed by atoms with Gasteiger partial charge in [0.25, 0.3) is 0 Å². The van der Waals surface area contributed by atoms with Crippen molar-refractivity contribution in [2.45, 2.75) is 64.9 Å². The van der Waals surface area contributed by atoms with Gasteiger partial charge in [-0.1, -0.05) is 60.8 Å². The summed E-state index contributed by atoms with van der Waals surface area (Å²) >= 11 is 3.87. The van der Waals surface area contributed by atoms with Crippen LogP contribution in [-0.4, -0.2) is 13.2 Å². The summed E-state index contributed by atoms with van der Waals surface area (Å²) in [6, 6.07) is 15.0. The molecule has 0 aliphatic heterocycles. The smallest absolute Gasteiger partial charge is 0.119 e. The van der Waals surface area contributed by atoms with Crippen molar-refractivity contribution in [3.8, 4) is 11.5 Å². The minimum atomic E-state index is 0.315. The molecule has 3 heteroatoms. The van der Waals surface area contributed by atoms with E-state index in [2.05, 4.69) is 72.2 Å². The molecule has 0 saturated heterocycles. The molecule has 150 valence electrons. The van der Waals surface area contributed by atoms with Crippen molar-refractivity contribution < 1.29 is 9.47 Å². The van der Waals surface area contributed by atoms with Crippen molar-refractivity contribution in [2.75, 3.05) is 7.11 Å². The molecule has 0 heterocycles. The van der Waals surface area contributed by atoms with Gasteiger partial charge in [0.05, 0.1) is 13.2 Å². The highest BCUT2D eigenvalue weighted by atomic mass is 79.9. The lowest BCUT2D eigenvalue weighted by Gasteiger charge is -2.19. The number of allylic oxidation sites excluding steroid dienone is 1. The molecular formula is C25H31BrO2. The number of methoxy groups -OCH3 is 1. The number of rotatable bonds is 8. The van der Waals surface area contributed by atoms with E-state index >= 15 is 0 Å². The van der Waals surface area contributed by atoms with Crippen LogP contribution in [0.1, 0.15) is 69.1 Å². The zero-order valence-electron chi connectivity index (χ0n) is 17.3. The quantitative estimate of drug-likeness (QED) is 0.420. The van der Waals surface area contributed by atoms with Crippen LogP contribution in [0.15, 0.2) is 46.9 Å². The minimum absolute atomic E-state index is 0.315. The second-order valence-electron chi connectivity index (χ2n) is 7.50. The molecule has 28 heavy (non-hydrogen) atoms. The Labute approximate surface area is 178 Å². The lowest BCUT2D eigenvalue weighted by molar-refractivity contribution is 0.179. The second-order valence-corrected chi connectivity index (χ2v) is 8.46. The first kappa shape index (κ1) is 21.0. The average Bonchev–Trinajstić information content (AvgIpc) is 2.86. The van der Waals surface area contributed by atoms with E-state index in [0.717, 1.165) is 56.4 Å². The van der Waals surface area contributed by atoms with Gasteiger partial charge in [-0.05, 0) is 78.6 Å². The molecule has 3 rings (SSSR count). The van der Waals surface area contributed by atoms with Crippen molar-refractivity contribution in [3.05, 3.63) is 63.6 Å². The molecule has 2 aromatic rings. The molecule has 0 spiro atoms. The van der Waals surface area contributed by atoms with E-state index in [1.165, 1.54) is 26.7 Å². The summed E-state index contributed by atoms with van der Waals surface area (Å²) in [5.74, 6) is 1.87. The molecule has 0 fully saturated rings. The second kappa shape index (κ2) is 10.2. The Kier molecular flexibility index (Phi) is 7.61. The molecule has 0 N–H and O–H groups in total. The van der Waals surface area contributed by atoms with Crippen LogP contribution in [0.25, 0.3) is 5.57 Å². The third-order valence-corrected chi connectivity index (χ3v) is 6.16. The van der Waals surface area contributed by atoms with E-state index in [9.17, 15) is 0 Å². The molecule has 0 atom stereocenters. The van der Waals surface area contributed by atoms with Crippen LogP contribution >= 0.6 is 15.9 Å². The number of fused-ring (bicyclic) bond motifs is 1. The van der Waals surface area contributed by atoms with Crippen LogP contribution < -0.4 is 9.47 Å². The highest BCUT2D eigenvalue weighted by Gasteiger charge is 2.19. The van der Waals surface area contributed by atoms with Gasteiger partial charge in [-0.15, -0.1) is 0 Å². The van der Waals surface area contributed by atoms with Crippen LogP contribution in [0.2, 0.25) is 0 Å². The van der Waals surface area contributed by atoms with Crippen molar-refractivity contribution in [1.82, 2.24) is 0 Å². The first-order valence-electron chi connectivity index (χ1n) is 10.5. The van der Waals surface area contributed by atoms with E-state index in [4.69, 9.17) is 9.47 Å². The van der Waals surface area contributed by atoms with E-state index in [-0.39, 0.29) is 0 Å². The number of ether oxygens (including phenoxy) is 2. The fourth-order valence-corrected chi connectivity index (χ4v) is 4.67. The normalized spacial score (nSPS) is 14.0. The SMILES string of the molecule is CCCC(CCC)Oc1ccc(C2=C(Br)CCCc3ccc(OC)cc32)cc1. The molecule has 0 unspecified atom stereocenters. The van der Waals surface area contributed by atoms with Gasteiger partial charge in [0.1, 0.15) is 11.5 Å². The predicted molar refractivity (Wildman–Crippen MR) is 122 cm³/mol. The molecular weight excluding hydrogens is 412 g/mol. The molecule has 0 radical (unpaired) electrons. The monoisotopic (exact) mass is 442 g/mol. The number of aryl methyl sites for hydroxylation is 1. The van der Waals surface area contributed by atoms with Crippen LogP contribution in [0, 0.1) is 0 Å². The first-order valence-corrected chi connectivity index (χ1v) is 11.3. The van der Waals surface area contributed by atoms with Crippen LogP contribution in [0.4, 0.5) is 0 Å². The fraction of sp³-hybridized carbons (Fsp3) is 0.440. The van der Waals surface area contributed by atoms with Crippen molar-refractivity contribution in [1.29, 1.82) is 0 Å². The van der Waals surface area contributed by atoms with Gasteiger partial charge < -0.3 is 9.47 Å².